The fourth-order valence-electron chi connectivity index (χ4n) is 1.74. The Morgan fingerprint density at radius 3 is 2.63 bits per heavy atom. The van der Waals surface area contributed by atoms with Crippen molar-refractivity contribution in [1.29, 1.82) is 0 Å². The van der Waals surface area contributed by atoms with Crippen molar-refractivity contribution >= 4 is 37.8 Å². The number of hydrogen-bond donors (Lipinski definition) is 1. The first-order valence-electron chi connectivity index (χ1n) is 6.14. The highest BCUT2D eigenvalue weighted by Gasteiger charge is 2.19. The number of carbonyl (C=O) groups excluding carboxylic acids is 1. The Morgan fingerprint density at radius 2 is 2.05 bits per heavy atom. The molecule has 0 aliphatic carbocycles. The van der Waals surface area contributed by atoms with Crippen molar-refractivity contribution in [1.82, 2.24) is 5.32 Å². The Labute approximate surface area is 130 Å². The molecular formula is C14H18Br2FNO. The molecule has 1 aromatic carbocycles. The van der Waals surface area contributed by atoms with Crippen molar-refractivity contribution in [2.24, 2.45) is 5.41 Å². The highest BCUT2D eigenvalue weighted by atomic mass is 79.9. The summed E-state index contributed by atoms with van der Waals surface area (Å²) in [5.74, 6) is -0.662. The standard InChI is InChI=1S/C14H18Br2FNO/c1-14(2,4-3-5-15)9-18-13(19)10-6-11(16)8-12(17)7-10/h6-8H,3-5,9H2,1-2H3,(H,18,19). The average Bonchev–Trinajstić information content (AvgIpc) is 2.32. The molecule has 0 aromatic heterocycles. The molecule has 0 fully saturated rings. The monoisotopic (exact) mass is 393 g/mol. The van der Waals surface area contributed by atoms with Gasteiger partial charge in [0.2, 0.25) is 0 Å². The topological polar surface area (TPSA) is 29.1 Å². The van der Waals surface area contributed by atoms with Gasteiger partial charge in [0.05, 0.1) is 0 Å². The highest BCUT2D eigenvalue weighted by Crippen LogP contribution is 2.22. The number of hydrogen-bond acceptors (Lipinski definition) is 1. The molecule has 106 valence electrons. The van der Waals surface area contributed by atoms with Crippen LogP contribution in [0.15, 0.2) is 22.7 Å². The normalized spacial score (nSPS) is 11.4. The molecule has 0 atom stereocenters. The number of rotatable bonds is 6. The van der Waals surface area contributed by atoms with Crippen LogP contribution < -0.4 is 5.32 Å². The second kappa shape index (κ2) is 7.39. The van der Waals surface area contributed by atoms with Gasteiger partial charge < -0.3 is 5.32 Å². The average molecular weight is 395 g/mol. The Bertz CT molecular complexity index is 429. The molecule has 0 unspecified atom stereocenters. The van der Waals surface area contributed by atoms with Crippen LogP contribution in [-0.4, -0.2) is 17.8 Å². The lowest BCUT2D eigenvalue weighted by atomic mass is 9.88. The van der Waals surface area contributed by atoms with E-state index in [9.17, 15) is 9.18 Å². The number of nitrogens with one attached hydrogen (secondary N) is 1. The molecule has 0 aliphatic heterocycles. The van der Waals surface area contributed by atoms with Gasteiger partial charge in [-0.15, -0.1) is 0 Å². The van der Waals surface area contributed by atoms with Gasteiger partial charge in [-0.05, 0) is 36.5 Å². The molecule has 0 aliphatic rings. The maximum absolute atomic E-state index is 13.2. The van der Waals surface area contributed by atoms with E-state index in [2.05, 4.69) is 51.0 Å². The van der Waals surface area contributed by atoms with Crippen LogP contribution in [0.25, 0.3) is 0 Å². The maximum atomic E-state index is 13.2. The highest BCUT2D eigenvalue weighted by molar-refractivity contribution is 9.10. The molecule has 19 heavy (non-hydrogen) atoms. The van der Waals surface area contributed by atoms with E-state index >= 15 is 0 Å². The van der Waals surface area contributed by atoms with Crippen LogP contribution in [0.3, 0.4) is 0 Å². The second-order valence-electron chi connectivity index (χ2n) is 5.30. The first kappa shape index (κ1) is 16.6. The van der Waals surface area contributed by atoms with Gasteiger partial charge in [-0.25, -0.2) is 4.39 Å². The van der Waals surface area contributed by atoms with Crippen molar-refractivity contribution in [2.45, 2.75) is 26.7 Å². The van der Waals surface area contributed by atoms with Crippen LogP contribution in [0, 0.1) is 11.2 Å². The van der Waals surface area contributed by atoms with Crippen molar-refractivity contribution in [3.05, 3.63) is 34.1 Å². The summed E-state index contributed by atoms with van der Waals surface area (Å²) < 4.78 is 13.8. The van der Waals surface area contributed by atoms with Crippen LogP contribution in [0.1, 0.15) is 37.0 Å². The van der Waals surface area contributed by atoms with Crippen LogP contribution in [0.4, 0.5) is 4.39 Å². The number of benzene rings is 1. The largest absolute Gasteiger partial charge is 0.352 e. The van der Waals surface area contributed by atoms with E-state index in [1.165, 1.54) is 12.1 Å². The third-order valence-corrected chi connectivity index (χ3v) is 3.86. The Kier molecular flexibility index (Phi) is 6.47. The molecule has 5 heteroatoms. The molecule has 1 aromatic rings. The van der Waals surface area contributed by atoms with E-state index in [0.717, 1.165) is 18.2 Å². The molecule has 0 saturated carbocycles. The van der Waals surface area contributed by atoms with E-state index in [-0.39, 0.29) is 11.3 Å². The van der Waals surface area contributed by atoms with Crippen LogP contribution in [0.2, 0.25) is 0 Å². The van der Waals surface area contributed by atoms with Crippen molar-refractivity contribution in [2.75, 3.05) is 11.9 Å². The van der Waals surface area contributed by atoms with Gasteiger partial charge in [0, 0.05) is 21.9 Å². The third-order valence-electron chi connectivity index (χ3n) is 2.84. The predicted molar refractivity (Wildman–Crippen MR) is 83.2 cm³/mol. The fraction of sp³-hybridized carbons (Fsp3) is 0.500. The molecule has 0 saturated heterocycles. The van der Waals surface area contributed by atoms with E-state index in [4.69, 9.17) is 0 Å². The Balaban J connectivity index is 2.60. The molecular weight excluding hydrogens is 377 g/mol. The molecule has 2 nitrogen and oxygen atoms in total. The van der Waals surface area contributed by atoms with Gasteiger partial charge in [-0.3, -0.25) is 4.79 Å². The molecule has 0 heterocycles. The molecule has 1 amide bonds. The Morgan fingerprint density at radius 1 is 1.37 bits per heavy atom. The summed E-state index contributed by atoms with van der Waals surface area (Å²) in [5, 5.41) is 3.82. The molecule has 0 radical (unpaired) electrons. The number of carbonyl (C=O) groups is 1. The summed E-state index contributed by atoms with van der Waals surface area (Å²) in [7, 11) is 0. The zero-order chi connectivity index (χ0) is 14.5. The summed E-state index contributed by atoms with van der Waals surface area (Å²) in [6.07, 6.45) is 2.08. The van der Waals surface area contributed by atoms with E-state index in [1.54, 1.807) is 6.07 Å². The van der Waals surface area contributed by atoms with Crippen molar-refractivity contribution < 1.29 is 9.18 Å². The third kappa shape index (κ3) is 6.04. The summed E-state index contributed by atoms with van der Waals surface area (Å²) in [6.45, 7) is 4.79. The number of alkyl halides is 1. The summed E-state index contributed by atoms with van der Waals surface area (Å²) >= 11 is 6.58. The van der Waals surface area contributed by atoms with Gasteiger partial charge in [0.25, 0.3) is 5.91 Å². The van der Waals surface area contributed by atoms with Crippen molar-refractivity contribution in [3.8, 4) is 0 Å². The number of halogens is 3. The first-order valence-corrected chi connectivity index (χ1v) is 8.06. The summed E-state index contributed by atoms with van der Waals surface area (Å²) in [5.41, 5.74) is 0.372. The minimum absolute atomic E-state index is 0.0357. The fourth-order valence-corrected chi connectivity index (χ4v) is 2.49. The second-order valence-corrected chi connectivity index (χ2v) is 7.01. The van der Waals surface area contributed by atoms with Gasteiger partial charge in [0.15, 0.2) is 0 Å². The molecule has 1 rings (SSSR count). The van der Waals surface area contributed by atoms with E-state index in [0.29, 0.717) is 16.6 Å². The minimum Gasteiger partial charge on any atom is -0.352 e. The predicted octanol–water partition coefficient (Wildman–Crippen LogP) is 4.52. The lowest BCUT2D eigenvalue weighted by Crippen LogP contribution is -2.34. The smallest absolute Gasteiger partial charge is 0.251 e. The molecule has 1 N–H and O–H groups in total. The van der Waals surface area contributed by atoms with Gasteiger partial charge >= 0.3 is 0 Å². The van der Waals surface area contributed by atoms with Gasteiger partial charge in [-0.2, -0.15) is 0 Å². The van der Waals surface area contributed by atoms with Crippen LogP contribution in [-0.2, 0) is 0 Å². The van der Waals surface area contributed by atoms with E-state index < -0.39 is 5.82 Å². The van der Waals surface area contributed by atoms with Crippen LogP contribution in [0.5, 0.6) is 0 Å². The zero-order valence-electron chi connectivity index (χ0n) is 11.1. The first-order chi connectivity index (χ1) is 8.84. The molecule has 0 spiro atoms. The number of amides is 1. The SMILES string of the molecule is CC(C)(CCCBr)CNC(=O)c1cc(F)cc(Br)c1. The van der Waals surface area contributed by atoms with Crippen molar-refractivity contribution in [3.63, 3.8) is 0 Å². The van der Waals surface area contributed by atoms with Gasteiger partial charge in [0.1, 0.15) is 5.82 Å². The summed E-state index contributed by atoms with van der Waals surface area (Å²) in [4.78, 5) is 12.0. The Hall–Kier alpha value is -0.420. The lowest BCUT2D eigenvalue weighted by molar-refractivity contribution is 0.0934. The zero-order valence-corrected chi connectivity index (χ0v) is 14.3. The minimum atomic E-state index is -0.418. The van der Waals surface area contributed by atoms with Crippen LogP contribution >= 0.6 is 31.9 Å². The maximum Gasteiger partial charge on any atom is 0.251 e. The lowest BCUT2D eigenvalue weighted by Gasteiger charge is -2.24. The molecule has 0 bridgehead atoms. The quantitative estimate of drug-likeness (QED) is 0.706. The van der Waals surface area contributed by atoms with Gasteiger partial charge in [-0.1, -0.05) is 45.7 Å². The summed E-state index contributed by atoms with van der Waals surface area (Å²) in [6, 6.07) is 4.19. The van der Waals surface area contributed by atoms with E-state index in [1.807, 2.05) is 0 Å².